The summed E-state index contributed by atoms with van der Waals surface area (Å²) in [5.41, 5.74) is 3.57. The normalized spacial score (nSPS) is 12.1. The Bertz CT molecular complexity index is 1340. The van der Waals surface area contributed by atoms with E-state index in [9.17, 15) is 13.6 Å². The lowest BCUT2D eigenvalue weighted by atomic mass is 10.1. The molecule has 0 saturated carbocycles. The zero-order chi connectivity index (χ0) is 22.5. The molecule has 4 rings (SSSR count). The summed E-state index contributed by atoms with van der Waals surface area (Å²) in [4.78, 5) is 12.5. The molecule has 3 N–H and O–H groups in total. The van der Waals surface area contributed by atoms with Gasteiger partial charge in [-0.1, -0.05) is 30.3 Å². The van der Waals surface area contributed by atoms with Crippen LogP contribution in [-0.2, 0) is 11.1 Å². The first-order valence-electron chi connectivity index (χ1n) is 9.78. The Kier molecular flexibility index (Phi) is 6.34. The van der Waals surface area contributed by atoms with Gasteiger partial charge >= 0.3 is 6.03 Å². The highest BCUT2D eigenvalue weighted by molar-refractivity contribution is 7.79. The van der Waals surface area contributed by atoms with Crippen molar-refractivity contribution in [3.8, 4) is 0 Å². The number of rotatable bonds is 5. The first kappa shape index (κ1) is 21.4. The number of carbonyl (C=O) groups is 1. The van der Waals surface area contributed by atoms with E-state index in [0.29, 0.717) is 27.3 Å². The van der Waals surface area contributed by atoms with Gasteiger partial charge in [-0.05, 0) is 72.5 Å². The van der Waals surface area contributed by atoms with Crippen molar-refractivity contribution in [2.75, 3.05) is 10.6 Å². The van der Waals surface area contributed by atoms with Crippen molar-refractivity contribution in [3.63, 3.8) is 0 Å². The van der Waals surface area contributed by atoms with Gasteiger partial charge in [-0.25, -0.2) is 9.00 Å². The van der Waals surface area contributed by atoms with E-state index in [2.05, 4.69) is 20.9 Å². The van der Waals surface area contributed by atoms with Gasteiger partial charge in [0.05, 0.1) is 16.3 Å². The highest BCUT2D eigenvalue weighted by Crippen LogP contribution is 2.27. The fourth-order valence-electron chi connectivity index (χ4n) is 3.19. The number of fused-ring (bicyclic) bond motifs is 1. The number of aryl methyl sites for hydroxylation is 1. The van der Waals surface area contributed by atoms with Gasteiger partial charge in [-0.2, -0.15) is 10.2 Å². The number of benzene rings is 4. The van der Waals surface area contributed by atoms with Crippen molar-refractivity contribution in [1.82, 2.24) is 0 Å². The van der Waals surface area contributed by atoms with Crippen molar-refractivity contribution >= 4 is 50.6 Å². The van der Waals surface area contributed by atoms with Crippen molar-refractivity contribution in [1.29, 1.82) is 0 Å². The van der Waals surface area contributed by atoms with Crippen LogP contribution in [0.5, 0.6) is 0 Å². The summed E-state index contributed by atoms with van der Waals surface area (Å²) in [5.74, 6) is 0. The van der Waals surface area contributed by atoms with Gasteiger partial charge in [0.2, 0.25) is 0 Å². The lowest BCUT2D eigenvalue weighted by Gasteiger charge is -2.08. The van der Waals surface area contributed by atoms with Crippen LogP contribution < -0.4 is 10.6 Å². The number of anilines is 2. The highest BCUT2D eigenvalue weighted by atomic mass is 32.2. The Morgan fingerprint density at radius 1 is 0.812 bits per heavy atom. The number of amides is 2. The van der Waals surface area contributed by atoms with E-state index in [0.717, 1.165) is 16.6 Å². The van der Waals surface area contributed by atoms with E-state index < -0.39 is 11.1 Å². The molecule has 0 aliphatic rings. The first-order valence-corrected chi connectivity index (χ1v) is 10.9. The summed E-state index contributed by atoms with van der Waals surface area (Å²) in [6, 6.07) is 24.7. The molecule has 0 aromatic heterocycles. The SMILES string of the molecule is Cc1cccc(NC(=O)Nc2ccc(N=Nc3ccc4cccc(S(=O)O)c4c3)cc2)c1. The molecule has 0 radical (unpaired) electrons. The molecule has 1 atom stereocenters. The molecular weight excluding hydrogens is 424 g/mol. The number of nitrogens with zero attached hydrogens (tertiary/aromatic N) is 2. The van der Waals surface area contributed by atoms with Crippen LogP contribution in [0, 0.1) is 6.92 Å². The van der Waals surface area contributed by atoms with Gasteiger partial charge in [-0.15, -0.1) is 0 Å². The molecule has 8 heteroatoms. The number of azo groups is 1. The predicted octanol–water partition coefficient (Wildman–Crippen LogP) is 6.79. The summed E-state index contributed by atoms with van der Waals surface area (Å²) in [7, 11) is 0. The van der Waals surface area contributed by atoms with E-state index in [4.69, 9.17) is 0 Å². The predicted molar refractivity (Wildman–Crippen MR) is 127 cm³/mol. The minimum atomic E-state index is -2.09. The Morgan fingerprint density at radius 3 is 2.25 bits per heavy atom. The average Bonchev–Trinajstić information content (AvgIpc) is 2.78. The smallest absolute Gasteiger partial charge is 0.308 e. The Morgan fingerprint density at radius 2 is 1.50 bits per heavy atom. The Hall–Kier alpha value is -3.88. The van der Waals surface area contributed by atoms with E-state index in [1.165, 1.54) is 0 Å². The molecule has 0 fully saturated rings. The minimum absolute atomic E-state index is 0.332. The second kappa shape index (κ2) is 9.51. The fourth-order valence-corrected chi connectivity index (χ4v) is 3.75. The third kappa shape index (κ3) is 5.23. The molecular formula is C24H20N4O3S. The summed E-state index contributed by atoms with van der Waals surface area (Å²) >= 11 is -2.09. The average molecular weight is 445 g/mol. The first-order chi connectivity index (χ1) is 15.5. The number of urea groups is 1. The fraction of sp³-hybridized carbons (Fsp3) is 0.0417. The van der Waals surface area contributed by atoms with Crippen LogP contribution in [-0.4, -0.2) is 14.8 Å². The summed E-state index contributed by atoms with van der Waals surface area (Å²) in [6.45, 7) is 1.96. The number of hydrogen-bond acceptors (Lipinski definition) is 4. The quantitative estimate of drug-likeness (QED) is 0.233. The maximum absolute atomic E-state index is 12.2. The lowest BCUT2D eigenvalue weighted by molar-refractivity contribution is 0.262. The van der Waals surface area contributed by atoms with Crippen LogP contribution in [0.15, 0.2) is 100 Å². The Labute approximate surface area is 187 Å². The van der Waals surface area contributed by atoms with Gasteiger partial charge in [-0.3, -0.25) is 0 Å². The standard InChI is InChI=1S/C24H20N4O3S/c1-16-4-2-6-20(14-16)26-24(29)25-18-10-12-19(13-11-18)27-28-21-9-8-17-5-3-7-23(32(30)31)22(17)15-21/h2-15H,1H3,(H,30,31)(H2,25,26,29). The summed E-state index contributed by atoms with van der Waals surface area (Å²) in [5, 5.41) is 15.5. The largest absolute Gasteiger partial charge is 0.323 e. The Balaban J connectivity index is 1.44. The van der Waals surface area contributed by atoms with Crippen LogP contribution in [0.25, 0.3) is 10.8 Å². The topological polar surface area (TPSA) is 103 Å². The van der Waals surface area contributed by atoms with Crippen molar-refractivity contribution in [2.24, 2.45) is 10.2 Å². The molecule has 7 nitrogen and oxygen atoms in total. The molecule has 160 valence electrons. The van der Waals surface area contributed by atoms with Crippen molar-refractivity contribution in [2.45, 2.75) is 11.8 Å². The zero-order valence-electron chi connectivity index (χ0n) is 17.1. The van der Waals surface area contributed by atoms with Crippen LogP contribution in [0.1, 0.15) is 5.56 Å². The van der Waals surface area contributed by atoms with Crippen LogP contribution in [0.2, 0.25) is 0 Å². The molecule has 0 aliphatic heterocycles. The molecule has 0 heterocycles. The second-order valence-electron chi connectivity index (χ2n) is 7.11. The molecule has 0 saturated heterocycles. The molecule has 0 bridgehead atoms. The van der Waals surface area contributed by atoms with E-state index >= 15 is 0 Å². The number of carbonyl (C=O) groups excluding carboxylic acids is 1. The molecule has 0 spiro atoms. The third-order valence-corrected chi connectivity index (χ3v) is 5.43. The number of hydrogen-bond donors (Lipinski definition) is 3. The maximum Gasteiger partial charge on any atom is 0.323 e. The molecule has 4 aromatic carbocycles. The highest BCUT2D eigenvalue weighted by Gasteiger charge is 2.07. The van der Waals surface area contributed by atoms with Crippen LogP contribution in [0.4, 0.5) is 27.5 Å². The van der Waals surface area contributed by atoms with Gasteiger partial charge in [0.1, 0.15) is 0 Å². The van der Waals surface area contributed by atoms with E-state index in [1.807, 2.05) is 43.3 Å². The van der Waals surface area contributed by atoms with E-state index in [-0.39, 0.29) is 6.03 Å². The monoisotopic (exact) mass is 444 g/mol. The molecule has 32 heavy (non-hydrogen) atoms. The zero-order valence-corrected chi connectivity index (χ0v) is 18.0. The minimum Gasteiger partial charge on any atom is -0.308 e. The van der Waals surface area contributed by atoms with Crippen molar-refractivity contribution < 1.29 is 13.6 Å². The van der Waals surface area contributed by atoms with Gasteiger partial charge in [0.15, 0.2) is 11.1 Å². The molecule has 4 aromatic rings. The van der Waals surface area contributed by atoms with Crippen molar-refractivity contribution in [3.05, 3.63) is 90.5 Å². The van der Waals surface area contributed by atoms with E-state index in [1.54, 1.807) is 48.5 Å². The van der Waals surface area contributed by atoms with Crippen LogP contribution in [0.3, 0.4) is 0 Å². The summed E-state index contributed by atoms with van der Waals surface area (Å²) in [6.07, 6.45) is 0. The van der Waals surface area contributed by atoms with Gasteiger partial charge < -0.3 is 15.2 Å². The third-order valence-electron chi connectivity index (χ3n) is 4.70. The lowest BCUT2D eigenvalue weighted by Crippen LogP contribution is -2.19. The molecule has 1 unspecified atom stereocenters. The van der Waals surface area contributed by atoms with Crippen LogP contribution >= 0.6 is 0 Å². The van der Waals surface area contributed by atoms with Gasteiger partial charge in [0.25, 0.3) is 0 Å². The van der Waals surface area contributed by atoms with Gasteiger partial charge in [0, 0.05) is 16.8 Å². The second-order valence-corrected chi connectivity index (χ2v) is 8.04. The molecule has 0 aliphatic carbocycles. The molecule has 2 amide bonds. The maximum atomic E-state index is 12.2. The number of nitrogens with one attached hydrogen (secondary N) is 2. The summed E-state index contributed by atoms with van der Waals surface area (Å²) < 4.78 is 21.0.